The normalized spacial score (nSPS) is 32.2. The summed E-state index contributed by atoms with van der Waals surface area (Å²) in [5.41, 5.74) is 2.16. The molecule has 9 heteroatoms. The highest BCUT2D eigenvalue weighted by Crippen LogP contribution is 2.65. The molecule has 6 atom stereocenters. The van der Waals surface area contributed by atoms with Gasteiger partial charge in [-0.1, -0.05) is 43.7 Å². The second kappa shape index (κ2) is 9.96. The van der Waals surface area contributed by atoms with E-state index in [9.17, 15) is 9.59 Å². The van der Waals surface area contributed by atoms with E-state index in [2.05, 4.69) is 57.3 Å². The van der Waals surface area contributed by atoms with Gasteiger partial charge in [0.15, 0.2) is 0 Å². The van der Waals surface area contributed by atoms with Gasteiger partial charge in [-0.25, -0.2) is 4.79 Å². The fourth-order valence-electron chi connectivity index (χ4n) is 7.03. The number of nitrogens with zero attached hydrogens (tertiary/aromatic N) is 2. The average molecular weight is 507 g/mol. The minimum atomic E-state index is -0.551. The van der Waals surface area contributed by atoms with Crippen LogP contribution in [0.4, 0.5) is 4.79 Å². The number of hydrogen-bond acceptors (Lipinski definition) is 6. The standard InChI is InChI=1S/C28H38BN3O5/c1-18-5-7-19(8-6-18)13-24(29-36-23-15-21-14-22(27(21,2)3)28(23,4)37-29)31-26(34)35-17-20-10-12-32(16-20)25(33)9-11-30/h5-8,20-24H,9-10,12-17H2,1-4H3,(H,31,34)/t20-,21-,22-,23+,24-,28-/m0/s1. The third-order valence-electron chi connectivity index (χ3n) is 9.50. The van der Waals surface area contributed by atoms with Gasteiger partial charge in [-0.15, -0.1) is 0 Å². The third kappa shape index (κ3) is 4.98. The van der Waals surface area contributed by atoms with Gasteiger partial charge >= 0.3 is 13.2 Å². The van der Waals surface area contributed by atoms with Gasteiger partial charge in [0.2, 0.25) is 5.91 Å². The highest BCUT2D eigenvalue weighted by atomic mass is 16.7. The molecule has 3 aliphatic carbocycles. The van der Waals surface area contributed by atoms with Crippen molar-refractivity contribution >= 4 is 19.1 Å². The summed E-state index contributed by atoms with van der Waals surface area (Å²) in [5.74, 6) is 0.598. The summed E-state index contributed by atoms with van der Waals surface area (Å²) in [5, 5.41) is 11.8. The fraction of sp³-hybridized carbons (Fsp3) is 0.679. The minimum Gasteiger partial charge on any atom is -0.449 e. The zero-order valence-corrected chi connectivity index (χ0v) is 22.4. The minimum absolute atomic E-state index is 0.0306. The van der Waals surface area contributed by atoms with Crippen LogP contribution in [-0.4, -0.2) is 61.4 Å². The van der Waals surface area contributed by atoms with E-state index in [1.165, 1.54) is 12.0 Å². The van der Waals surface area contributed by atoms with Crippen LogP contribution >= 0.6 is 0 Å². The molecule has 37 heavy (non-hydrogen) atoms. The molecule has 1 N–H and O–H groups in total. The molecule has 1 aromatic carbocycles. The fourth-order valence-corrected chi connectivity index (χ4v) is 7.03. The van der Waals surface area contributed by atoms with Gasteiger partial charge < -0.3 is 24.3 Å². The predicted molar refractivity (Wildman–Crippen MR) is 138 cm³/mol. The van der Waals surface area contributed by atoms with Crippen LogP contribution < -0.4 is 5.32 Å². The number of benzene rings is 1. The van der Waals surface area contributed by atoms with Gasteiger partial charge in [-0.05, 0) is 62.3 Å². The second-order valence-electron chi connectivity index (χ2n) is 12.2. The molecule has 198 valence electrons. The van der Waals surface area contributed by atoms with E-state index in [-0.39, 0.29) is 42.0 Å². The van der Waals surface area contributed by atoms with E-state index in [1.54, 1.807) is 4.90 Å². The molecule has 0 radical (unpaired) electrons. The van der Waals surface area contributed by atoms with Crippen LogP contribution in [0.2, 0.25) is 0 Å². The summed E-state index contributed by atoms with van der Waals surface area (Å²) in [6, 6.07) is 10.2. The molecule has 2 heterocycles. The average Bonchev–Trinajstić information content (AvgIpc) is 3.47. The molecule has 1 aromatic rings. The van der Waals surface area contributed by atoms with Crippen molar-refractivity contribution in [2.75, 3.05) is 19.7 Å². The summed E-state index contributed by atoms with van der Waals surface area (Å²) in [6.45, 7) is 10.2. The number of aryl methyl sites for hydroxylation is 1. The summed E-state index contributed by atoms with van der Waals surface area (Å²) in [7, 11) is -0.551. The van der Waals surface area contributed by atoms with E-state index in [0.29, 0.717) is 31.3 Å². The van der Waals surface area contributed by atoms with Crippen molar-refractivity contribution < 1.29 is 23.6 Å². The van der Waals surface area contributed by atoms with Crippen molar-refractivity contribution in [3.05, 3.63) is 35.4 Å². The Morgan fingerprint density at radius 3 is 2.73 bits per heavy atom. The smallest absolute Gasteiger partial charge is 0.449 e. The molecule has 2 amide bonds. The summed E-state index contributed by atoms with van der Waals surface area (Å²) in [4.78, 5) is 26.6. The molecule has 2 saturated heterocycles. The van der Waals surface area contributed by atoms with E-state index < -0.39 is 19.2 Å². The molecule has 8 nitrogen and oxygen atoms in total. The number of carbonyl (C=O) groups excluding carboxylic acids is 2. The Morgan fingerprint density at radius 2 is 2.03 bits per heavy atom. The lowest BCUT2D eigenvalue weighted by molar-refractivity contribution is -0.199. The van der Waals surface area contributed by atoms with Crippen molar-refractivity contribution in [1.82, 2.24) is 10.2 Å². The van der Waals surface area contributed by atoms with Gasteiger partial charge in [0.05, 0.1) is 30.3 Å². The summed E-state index contributed by atoms with van der Waals surface area (Å²) in [6.07, 6.45) is 2.89. The summed E-state index contributed by atoms with van der Waals surface area (Å²) >= 11 is 0. The van der Waals surface area contributed by atoms with Gasteiger partial charge in [0.25, 0.3) is 0 Å². The zero-order valence-electron chi connectivity index (χ0n) is 22.4. The molecular weight excluding hydrogens is 469 g/mol. The quantitative estimate of drug-likeness (QED) is 0.566. The van der Waals surface area contributed by atoms with Crippen LogP contribution in [0.25, 0.3) is 0 Å². The predicted octanol–water partition coefficient (Wildman–Crippen LogP) is 3.66. The molecule has 5 fully saturated rings. The molecule has 2 bridgehead atoms. The molecule has 0 unspecified atom stereocenters. The molecule has 0 aromatic heterocycles. The number of hydrogen-bond donors (Lipinski definition) is 1. The molecule has 0 spiro atoms. The van der Waals surface area contributed by atoms with Crippen LogP contribution in [0.15, 0.2) is 24.3 Å². The van der Waals surface area contributed by atoms with E-state index in [1.807, 2.05) is 6.07 Å². The van der Waals surface area contributed by atoms with Crippen molar-refractivity contribution in [2.24, 2.45) is 23.2 Å². The van der Waals surface area contributed by atoms with E-state index in [0.717, 1.165) is 18.4 Å². The monoisotopic (exact) mass is 507 g/mol. The third-order valence-corrected chi connectivity index (χ3v) is 9.50. The number of nitriles is 1. The maximum atomic E-state index is 12.9. The number of rotatable bonds is 7. The lowest BCUT2D eigenvalue weighted by Crippen LogP contribution is -2.65. The Bertz CT molecular complexity index is 1070. The number of ether oxygens (including phenoxy) is 1. The SMILES string of the molecule is Cc1ccc(C[C@H](NC(=O)OC[C@H]2CCN(C(=O)CC#N)C2)B2O[C@@H]3C[C@@H]4C[C@@H](C4(C)C)[C@]3(C)O2)cc1. The van der Waals surface area contributed by atoms with Crippen LogP contribution in [0, 0.1) is 41.4 Å². The first-order valence-corrected chi connectivity index (χ1v) is 13.6. The van der Waals surface area contributed by atoms with E-state index in [4.69, 9.17) is 19.3 Å². The van der Waals surface area contributed by atoms with Gasteiger partial charge in [-0.3, -0.25) is 4.79 Å². The highest BCUT2D eigenvalue weighted by Gasteiger charge is 2.68. The first-order valence-electron chi connectivity index (χ1n) is 13.6. The topological polar surface area (TPSA) is 101 Å². The molecule has 3 saturated carbocycles. The van der Waals surface area contributed by atoms with Crippen molar-refractivity contribution in [2.45, 2.75) is 77.4 Å². The number of nitrogens with one attached hydrogen (secondary N) is 1. The lowest BCUT2D eigenvalue weighted by atomic mass is 9.43. The van der Waals surface area contributed by atoms with Gasteiger partial charge in [0, 0.05) is 19.0 Å². The maximum Gasteiger partial charge on any atom is 0.482 e. The van der Waals surface area contributed by atoms with Crippen LogP contribution in [-0.2, 0) is 25.3 Å². The first-order chi connectivity index (χ1) is 17.6. The Balaban J connectivity index is 1.23. The Kier molecular flexibility index (Phi) is 7.01. The molecule has 2 aliphatic heterocycles. The molecule has 6 rings (SSSR count). The van der Waals surface area contributed by atoms with Crippen molar-refractivity contribution in [3.8, 4) is 6.07 Å². The van der Waals surface area contributed by atoms with Crippen LogP contribution in [0.5, 0.6) is 0 Å². The maximum absolute atomic E-state index is 12.9. The lowest BCUT2D eigenvalue weighted by Gasteiger charge is -2.64. The molecular formula is C28H38BN3O5. The summed E-state index contributed by atoms with van der Waals surface area (Å²) < 4.78 is 18.8. The Hall–Kier alpha value is -2.57. The van der Waals surface area contributed by atoms with Crippen molar-refractivity contribution in [1.29, 1.82) is 5.26 Å². The van der Waals surface area contributed by atoms with Gasteiger partial charge in [0.1, 0.15) is 6.42 Å². The number of amides is 2. The van der Waals surface area contributed by atoms with Crippen molar-refractivity contribution in [3.63, 3.8) is 0 Å². The molecule has 5 aliphatic rings. The Labute approximate surface area is 220 Å². The highest BCUT2D eigenvalue weighted by molar-refractivity contribution is 6.47. The van der Waals surface area contributed by atoms with Crippen LogP contribution in [0.3, 0.4) is 0 Å². The number of alkyl carbamates (subject to hydrolysis) is 1. The first kappa shape index (κ1) is 26.1. The van der Waals surface area contributed by atoms with E-state index >= 15 is 0 Å². The number of likely N-dealkylation sites (tertiary alicyclic amines) is 1. The van der Waals surface area contributed by atoms with Crippen LogP contribution in [0.1, 0.15) is 57.6 Å². The number of carbonyl (C=O) groups is 2. The second-order valence-corrected chi connectivity index (χ2v) is 12.2. The largest absolute Gasteiger partial charge is 0.482 e. The van der Waals surface area contributed by atoms with Gasteiger partial charge in [-0.2, -0.15) is 5.26 Å². The zero-order chi connectivity index (χ0) is 26.4. The Morgan fingerprint density at radius 1 is 1.27 bits per heavy atom.